The second-order valence-corrected chi connectivity index (χ2v) is 6.63. The van der Waals surface area contributed by atoms with Gasteiger partial charge in [0.15, 0.2) is 0 Å². The van der Waals surface area contributed by atoms with E-state index in [0.717, 1.165) is 18.1 Å². The summed E-state index contributed by atoms with van der Waals surface area (Å²) < 4.78 is 0. The summed E-state index contributed by atoms with van der Waals surface area (Å²) in [6, 6.07) is 0.482. The van der Waals surface area contributed by atoms with Gasteiger partial charge in [-0.15, -0.1) is 0 Å². The third-order valence-electron chi connectivity index (χ3n) is 3.97. The third kappa shape index (κ3) is 4.18. The number of carbonyl (C=O) groups is 1. The van der Waals surface area contributed by atoms with Crippen molar-refractivity contribution in [1.29, 1.82) is 0 Å². The Labute approximate surface area is 108 Å². The van der Waals surface area contributed by atoms with Gasteiger partial charge >= 0.3 is 0 Å². The van der Waals surface area contributed by atoms with Crippen LogP contribution in [0.3, 0.4) is 0 Å². The van der Waals surface area contributed by atoms with Gasteiger partial charge in [-0.25, -0.2) is 0 Å². The van der Waals surface area contributed by atoms with Crippen LogP contribution in [-0.2, 0) is 4.79 Å². The molecule has 0 heterocycles. The molecule has 3 atom stereocenters. The first kappa shape index (κ1) is 13.2. The zero-order chi connectivity index (χ0) is 12.3. The summed E-state index contributed by atoms with van der Waals surface area (Å²) in [5, 5.41) is 3.89. The zero-order valence-corrected chi connectivity index (χ0v) is 11.5. The van der Waals surface area contributed by atoms with Crippen LogP contribution in [0.5, 0.6) is 0 Å². The molecule has 0 bridgehead atoms. The smallest absolute Gasteiger partial charge is 0.221 e. The molecule has 2 aliphatic carbocycles. The van der Waals surface area contributed by atoms with E-state index in [1.165, 1.54) is 25.7 Å². The topological polar surface area (TPSA) is 55.1 Å². The fourth-order valence-electron chi connectivity index (χ4n) is 2.68. The van der Waals surface area contributed by atoms with Crippen molar-refractivity contribution in [1.82, 2.24) is 5.32 Å². The lowest BCUT2D eigenvalue weighted by Crippen LogP contribution is -2.41. The number of nitrogens with one attached hydrogen (secondary N) is 1. The van der Waals surface area contributed by atoms with Gasteiger partial charge in [-0.3, -0.25) is 4.79 Å². The summed E-state index contributed by atoms with van der Waals surface area (Å²) in [5.41, 5.74) is 5.97. The van der Waals surface area contributed by atoms with E-state index in [9.17, 15) is 4.79 Å². The van der Waals surface area contributed by atoms with Crippen LogP contribution < -0.4 is 11.1 Å². The van der Waals surface area contributed by atoms with Gasteiger partial charge in [0, 0.05) is 23.8 Å². The minimum atomic E-state index is 0.0925. The second kappa shape index (κ2) is 6.10. The lowest BCUT2D eigenvalue weighted by molar-refractivity contribution is -0.122. The highest BCUT2D eigenvalue weighted by atomic mass is 32.2. The normalized spacial score (nSPS) is 30.9. The molecule has 2 rings (SSSR count). The highest BCUT2D eigenvalue weighted by Crippen LogP contribution is 2.33. The number of rotatable bonds is 5. The van der Waals surface area contributed by atoms with Crippen LogP contribution in [-0.4, -0.2) is 29.5 Å². The van der Waals surface area contributed by atoms with Crippen molar-refractivity contribution in [3.8, 4) is 0 Å². The Bertz CT molecular complexity index is 268. The molecule has 98 valence electrons. The minimum Gasteiger partial charge on any atom is -0.353 e. The molecule has 2 fully saturated rings. The Morgan fingerprint density at radius 1 is 1.41 bits per heavy atom. The SMILES string of the molecule is CSC1CCCC(NC(=O)CC(N)C2CC2)C1. The highest BCUT2D eigenvalue weighted by Gasteiger charge is 2.30. The van der Waals surface area contributed by atoms with E-state index in [1.807, 2.05) is 11.8 Å². The molecule has 0 radical (unpaired) electrons. The molecule has 3 N–H and O–H groups in total. The Balaban J connectivity index is 1.69. The van der Waals surface area contributed by atoms with E-state index in [1.54, 1.807) is 0 Å². The number of thioether (sulfide) groups is 1. The van der Waals surface area contributed by atoms with Crippen LogP contribution in [0.1, 0.15) is 44.9 Å². The van der Waals surface area contributed by atoms with Gasteiger partial charge in [-0.2, -0.15) is 11.8 Å². The van der Waals surface area contributed by atoms with Gasteiger partial charge in [0.1, 0.15) is 0 Å². The van der Waals surface area contributed by atoms with Crippen LogP contribution in [0.25, 0.3) is 0 Å². The van der Waals surface area contributed by atoms with Gasteiger partial charge in [0.05, 0.1) is 0 Å². The van der Waals surface area contributed by atoms with Crippen LogP contribution in [0.15, 0.2) is 0 Å². The first-order chi connectivity index (χ1) is 8.19. The first-order valence-electron chi connectivity index (χ1n) is 6.76. The molecule has 0 saturated heterocycles. The van der Waals surface area contributed by atoms with Crippen LogP contribution in [0, 0.1) is 5.92 Å². The molecular formula is C13H24N2OS. The maximum atomic E-state index is 11.9. The molecule has 0 aromatic heterocycles. The van der Waals surface area contributed by atoms with Crippen LogP contribution >= 0.6 is 11.8 Å². The summed E-state index contributed by atoms with van der Waals surface area (Å²) >= 11 is 1.93. The van der Waals surface area contributed by atoms with Crippen molar-refractivity contribution < 1.29 is 4.79 Å². The molecule has 1 amide bonds. The van der Waals surface area contributed by atoms with Crippen molar-refractivity contribution >= 4 is 17.7 Å². The molecule has 4 heteroatoms. The van der Waals surface area contributed by atoms with Gasteiger partial charge in [0.25, 0.3) is 0 Å². The summed E-state index contributed by atoms with van der Waals surface area (Å²) in [7, 11) is 0. The molecule has 0 aromatic carbocycles. The van der Waals surface area contributed by atoms with E-state index >= 15 is 0 Å². The lowest BCUT2D eigenvalue weighted by atomic mass is 9.94. The Morgan fingerprint density at radius 2 is 2.18 bits per heavy atom. The summed E-state index contributed by atoms with van der Waals surface area (Å²) in [6.45, 7) is 0. The number of amides is 1. The Hall–Kier alpha value is -0.220. The fraction of sp³-hybridized carbons (Fsp3) is 0.923. The molecule has 0 aliphatic heterocycles. The Morgan fingerprint density at radius 3 is 2.82 bits per heavy atom. The van der Waals surface area contributed by atoms with Crippen LogP contribution in [0.2, 0.25) is 0 Å². The number of hydrogen-bond donors (Lipinski definition) is 2. The molecule has 2 saturated carbocycles. The molecular weight excluding hydrogens is 232 g/mol. The van der Waals surface area contributed by atoms with E-state index in [2.05, 4.69) is 11.6 Å². The molecule has 3 nitrogen and oxygen atoms in total. The van der Waals surface area contributed by atoms with Crippen molar-refractivity contribution in [2.45, 2.75) is 62.3 Å². The maximum absolute atomic E-state index is 11.9. The summed E-state index contributed by atoms with van der Waals surface area (Å²) in [4.78, 5) is 11.9. The largest absolute Gasteiger partial charge is 0.353 e. The minimum absolute atomic E-state index is 0.0925. The predicted octanol–water partition coefficient (Wildman–Crippen LogP) is 1.90. The highest BCUT2D eigenvalue weighted by molar-refractivity contribution is 7.99. The average molecular weight is 256 g/mol. The fourth-order valence-corrected chi connectivity index (χ4v) is 3.51. The van der Waals surface area contributed by atoms with Crippen molar-refractivity contribution in [2.24, 2.45) is 11.7 Å². The van der Waals surface area contributed by atoms with Gasteiger partial charge in [-0.05, 0) is 44.3 Å². The monoisotopic (exact) mass is 256 g/mol. The van der Waals surface area contributed by atoms with Gasteiger partial charge in [-0.1, -0.05) is 6.42 Å². The molecule has 17 heavy (non-hydrogen) atoms. The Kier molecular flexibility index (Phi) is 4.74. The van der Waals surface area contributed by atoms with Crippen molar-refractivity contribution in [2.75, 3.05) is 6.26 Å². The number of nitrogens with two attached hydrogens (primary N) is 1. The zero-order valence-electron chi connectivity index (χ0n) is 10.7. The number of hydrogen-bond acceptors (Lipinski definition) is 3. The second-order valence-electron chi connectivity index (χ2n) is 5.49. The quantitative estimate of drug-likeness (QED) is 0.790. The van der Waals surface area contributed by atoms with Gasteiger partial charge in [0.2, 0.25) is 5.91 Å². The third-order valence-corrected chi connectivity index (χ3v) is 5.07. The molecule has 3 unspecified atom stereocenters. The summed E-state index contributed by atoms with van der Waals surface area (Å²) in [5.74, 6) is 0.780. The van der Waals surface area contributed by atoms with E-state index in [0.29, 0.717) is 18.4 Å². The van der Waals surface area contributed by atoms with Crippen molar-refractivity contribution in [3.63, 3.8) is 0 Å². The molecule has 0 spiro atoms. The van der Waals surface area contributed by atoms with E-state index < -0.39 is 0 Å². The van der Waals surface area contributed by atoms with E-state index in [4.69, 9.17) is 5.73 Å². The standard InChI is InChI=1S/C13H24N2OS/c1-17-11-4-2-3-10(7-11)15-13(16)8-12(14)9-5-6-9/h9-12H,2-8,14H2,1H3,(H,15,16). The average Bonchev–Trinajstić information content (AvgIpc) is 3.12. The number of carbonyl (C=O) groups excluding carboxylic acids is 1. The van der Waals surface area contributed by atoms with Gasteiger partial charge < -0.3 is 11.1 Å². The predicted molar refractivity (Wildman–Crippen MR) is 73.0 cm³/mol. The van der Waals surface area contributed by atoms with E-state index in [-0.39, 0.29) is 11.9 Å². The summed E-state index contributed by atoms with van der Waals surface area (Å²) in [6.07, 6.45) is 9.93. The first-order valence-corrected chi connectivity index (χ1v) is 8.05. The maximum Gasteiger partial charge on any atom is 0.221 e. The van der Waals surface area contributed by atoms with Crippen LogP contribution in [0.4, 0.5) is 0 Å². The molecule has 2 aliphatic rings. The van der Waals surface area contributed by atoms with Crippen molar-refractivity contribution in [3.05, 3.63) is 0 Å². The molecule has 0 aromatic rings. The lowest BCUT2D eigenvalue weighted by Gasteiger charge is -2.29.